The summed E-state index contributed by atoms with van der Waals surface area (Å²) in [7, 11) is 0. The van der Waals surface area contributed by atoms with Gasteiger partial charge in [-0.2, -0.15) is 0 Å². The van der Waals surface area contributed by atoms with Crippen LogP contribution in [0.3, 0.4) is 0 Å². The summed E-state index contributed by atoms with van der Waals surface area (Å²) in [5.74, 6) is 0.107. The monoisotopic (exact) mass is 419 g/mol. The van der Waals surface area contributed by atoms with Crippen molar-refractivity contribution in [1.29, 1.82) is 0 Å². The number of aryl methyl sites for hydroxylation is 1. The third-order valence-electron chi connectivity index (χ3n) is 5.26. The molecule has 2 heterocycles. The lowest BCUT2D eigenvalue weighted by Gasteiger charge is -2.16. The molecule has 1 fully saturated rings. The van der Waals surface area contributed by atoms with E-state index in [0.717, 1.165) is 46.9 Å². The van der Waals surface area contributed by atoms with Gasteiger partial charge in [0.15, 0.2) is 0 Å². The van der Waals surface area contributed by atoms with Crippen molar-refractivity contribution in [2.75, 3.05) is 11.9 Å². The maximum atomic E-state index is 12.5. The molecule has 1 aliphatic rings. The standard InChI is InChI=1S/C24H25N3O2S/c1-2-17-8-10-19(11-9-17)24-26-21(16-30-24)14-22(28)25-20-6-3-5-18(13-20)15-27-12-4-7-23(27)29/h3,5-6,8-11,13,16H,2,4,7,12,14-15H2,1H3,(H,25,28). The molecule has 0 bridgehead atoms. The Morgan fingerprint density at radius 1 is 1.17 bits per heavy atom. The lowest BCUT2D eigenvalue weighted by Crippen LogP contribution is -2.23. The van der Waals surface area contributed by atoms with Crippen molar-refractivity contribution in [1.82, 2.24) is 9.88 Å². The first-order valence-electron chi connectivity index (χ1n) is 10.3. The number of benzene rings is 2. The number of carbonyl (C=O) groups excluding carboxylic acids is 2. The molecule has 2 aromatic carbocycles. The largest absolute Gasteiger partial charge is 0.338 e. The number of aromatic nitrogens is 1. The number of hydrogen-bond donors (Lipinski definition) is 1. The minimum Gasteiger partial charge on any atom is -0.338 e. The van der Waals surface area contributed by atoms with Crippen LogP contribution in [0.25, 0.3) is 10.6 Å². The first-order chi connectivity index (χ1) is 14.6. The van der Waals surface area contributed by atoms with Gasteiger partial charge in [0.1, 0.15) is 5.01 Å². The molecule has 1 saturated heterocycles. The molecule has 0 radical (unpaired) electrons. The summed E-state index contributed by atoms with van der Waals surface area (Å²) in [6.07, 6.45) is 2.81. The summed E-state index contributed by atoms with van der Waals surface area (Å²) in [6.45, 7) is 3.54. The number of thiazole rings is 1. The maximum Gasteiger partial charge on any atom is 0.230 e. The summed E-state index contributed by atoms with van der Waals surface area (Å²) in [5, 5.41) is 5.82. The van der Waals surface area contributed by atoms with Crippen LogP contribution in [0.4, 0.5) is 5.69 Å². The SMILES string of the molecule is CCc1ccc(-c2nc(CC(=O)Nc3cccc(CN4CCCC4=O)c3)cs2)cc1. The van der Waals surface area contributed by atoms with E-state index in [1.165, 1.54) is 5.56 Å². The fourth-order valence-electron chi connectivity index (χ4n) is 3.61. The van der Waals surface area contributed by atoms with Gasteiger partial charge in [0.25, 0.3) is 0 Å². The van der Waals surface area contributed by atoms with Crippen LogP contribution < -0.4 is 5.32 Å². The second kappa shape index (κ2) is 9.22. The summed E-state index contributed by atoms with van der Waals surface area (Å²) in [4.78, 5) is 30.8. The van der Waals surface area contributed by atoms with Crippen LogP contribution in [-0.2, 0) is 29.0 Å². The second-order valence-corrected chi connectivity index (χ2v) is 8.40. The van der Waals surface area contributed by atoms with E-state index in [0.29, 0.717) is 13.0 Å². The maximum absolute atomic E-state index is 12.5. The number of nitrogens with one attached hydrogen (secondary N) is 1. The molecule has 30 heavy (non-hydrogen) atoms. The third kappa shape index (κ3) is 4.94. The van der Waals surface area contributed by atoms with E-state index in [-0.39, 0.29) is 18.2 Å². The van der Waals surface area contributed by atoms with Gasteiger partial charge in [-0.3, -0.25) is 9.59 Å². The number of likely N-dealkylation sites (tertiary alicyclic amines) is 1. The Kier molecular flexibility index (Phi) is 6.23. The molecule has 4 rings (SSSR count). The molecule has 0 unspecified atom stereocenters. The summed E-state index contributed by atoms with van der Waals surface area (Å²) >= 11 is 1.56. The van der Waals surface area contributed by atoms with Crippen LogP contribution in [0.2, 0.25) is 0 Å². The average molecular weight is 420 g/mol. The van der Waals surface area contributed by atoms with E-state index in [9.17, 15) is 9.59 Å². The topological polar surface area (TPSA) is 62.3 Å². The Bertz CT molecular complexity index is 1040. The van der Waals surface area contributed by atoms with Crippen molar-refractivity contribution in [2.24, 2.45) is 0 Å². The molecule has 0 spiro atoms. The average Bonchev–Trinajstić information content (AvgIpc) is 3.37. The van der Waals surface area contributed by atoms with Gasteiger partial charge in [0.05, 0.1) is 12.1 Å². The van der Waals surface area contributed by atoms with Gasteiger partial charge >= 0.3 is 0 Å². The van der Waals surface area contributed by atoms with E-state index in [1.807, 2.05) is 34.5 Å². The number of hydrogen-bond acceptors (Lipinski definition) is 4. The van der Waals surface area contributed by atoms with Crippen LogP contribution in [0.1, 0.15) is 36.6 Å². The Balaban J connectivity index is 1.36. The van der Waals surface area contributed by atoms with Crippen LogP contribution >= 0.6 is 11.3 Å². The highest BCUT2D eigenvalue weighted by Crippen LogP contribution is 2.25. The smallest absolute Gasteiger partial charge is 0.230 e. The molecule has 6 heteroatoms. The Labute approximate surface area is 180 Å². The molecule has 5 nitrogen and oxygen atoms in total. The zero-order chi connectivity index (χ0) is 20.9. The van der Waals surface area contributed by atoms with E-state index in [2.05, 4.69) is 41.5 Å². The number of nitrogens with zero attached hydrogens (tertiary/aromatic N) is 2. The van der Waals surface area contributed by atoms with Crippen molar-refractivity contribution in [3.05, 3.63) is 70.7 Å². The molecule has 3 aromatic rings. The van der Waals surface area contributed by atoms with Gasteiger partial charge in [0, 0.05) is 36.1 Å². The highest BCUT2D eigenvalue weighted by molar-refractivity contribution is 7.13. The van der Waals surface area contributed by atoms with Crippen LogP contribution in [0.15, 0.2) is 53.9 Å². The van der Waals surface area contributed by atoms with E-state index >= 15 is 0 Å². The molecular formula is C24H25N3O2S. The Hall–Kier alpha value is -2.99. The summed E-state index contributed by atoms with van der Waals surface area (Å²) in [5.41, 5.74) is 4.91. The minimum absolute atomic E-state index is 0.0948. The predicted molar refractivity (Wildman–Crippen MR) is 120 cm³/mol. The van der Waals surface area contributed by atoms with Crippen molar-refractivity contribution >= 4 is 28.8 Å². The lowest BCUT2D eigenvalue weighted by atomic mass is 10.1. The zero-order valence-corrected chi connectivity index (χ0v) is 17.9. The van der Waals surface area contributed by atoms with Crippen molar-refractivity contribution in [2.45, 2.75) is 39.2 Å². The second-order valence-electron chi connectivity index (χ2n) is 7.54. The van der Waals surface area contributed by atoms with Gasteiger partial charge in [0.2, 0.25) is 11.8 Å². The Morgan fingerprint density at radius 3 is 2.73 bits per heavy atom. The zero-order valence-electron chi connectivity index (χ0n) is 17.1. The predicted octanol–water partition coefficient (Wildman–Crippen LogP) is 4.68. The van der Waals surface area contributed by atoms with Gasteiger partial charge in [-0.1, -0.05) is 43.3 Å². The summed E-state index contributed by atoms with van der Waals surface area (Å²) < 4.78 is 0. The number of amides is 2. The van der Waals surface area contributed by atoms with Crippen molar-refractivity contribution in [3.8, 4) is 10.6 Å². The van der Waals surface area contributed by atoms with Crippen LogP contribution in [0.5, 0.6) is 0 Å². The first kappa shape index (κ1) is 20.3. The molecule has 154 valence electrons. The molecule has 0 saturated carbocycles. The lowest BCUT2D eigenvalue weighted by molar-refractivity contribution is -0.128. The molecule has 1 aromatic heterocycles. The third-order valence-corrected chi connectivity index (χ3v) is 6.20. The Morgan fingerprint density at radius 2 is 2.00 bits per heavy atom. The number of carbonyl (C=O) groups is 2. The quantitative estimate of drug-likeness (QED) is 0.605. The first-order valence-corrected chi connectivity index (χ1v) is 11.2. The number of rotatable bonds is 7. The van der Waals surface area contributed by atoms with Crippen LogP contribution in [0, 0.1) is 0 Å². The molecule has 0 atom stereocenters. The van der Waals surface area contributed by atoms with E-state index < -0.39 is 0 Å². The van der Waals surface area contributed by atoms with Gasteiger partial charge in [-0.15, -0.1) is 11.3 Å². The van der Waals surface area contributed by atoms with Gasteiger partial charge in [-0.25, -0.2) is 4.98 Å². The van der Waals surface area contributed by atoms with Gasteiger partial charge in [-0.05, 0) is 36.1 Å². The van der Waals surface area contributed by atoms with E-state index in [1.54, 1.807) is 11.3 Å². The molecule has 1 aliphatic heterocycles. The van der Waals surface area contributed by atoms with Crippen molar-refractivity contribution < 1.29 is 9.59 Å². The van der Waals surface area contributed by atoms with Crippen LogP contribution in [-0.4, -0.2) is 28.2 Å². The highest BCUT2D eigenvalue weighted by Gasteiger charge is 2.20. The molecule has 2 amide bonds. The van der Waals surface area contributed by atoms with Gasteiger partial charge < -0.3 is 10.2 Å². The summed E-state index contributed by atoms with van der Waals surface area (Å²) in [6, 6.07) is 16.1. The minimum atomic E-state index is -0.0948. The number of anilines is 1. The molecular weight excluding hydrogens is 394 g/mol. The normalized spacial score (nSPS) is 13.6. The highest BCUT2D eigenvalue weighted by atomic mass is 32.1. The molecule has 0 aliphatic carbocycles. The van der Waals surface area contributed by atoms with E-state index in [4.69, 9.17) is 0 Å². The van der Waals surface area contributed by atoms with Crippen molar-refractivity contribution in [3.63, 3.8) is 0 Å². The molecule has 1 N–H and O–H groups in total. The fourth-order valence-corrected chi connectivity index (χ4v) is 4.44. The fraction of sp³-hybridized carbons (Fsp3) is 0.292.